The molecule has 2 rings (SSSR count). The number of nitrogens with zero attached hydrogens (tertiary/aromatic N) is 1. The van der Waals surface area contributed by atoms with Gasteiger partial charge in [-0.05, 0) is 0 Å². The lowest BCUT2D eigenvalue weighted by Gasteiger charge is -2.32. The smallest absolute Gasteiger partial charge is 0.328 e. The van der Waals surface area contributed by atoms with Crippen LogP contribution in [-0.2, 0) is 9.53 Å². The van der Waals surface area contributed by atoms with Crippen LogP contribution in [0.5, 0.6) is 0 Å². The Hall–Kier alpha value is -2.15. The third-order valence-corrected chi connectivity index (χ3v) is 2.73. The maximum atomic E-state index is 12.1. The number of morpholine rings is 1. The molecule has 2 heterocycles. The Labute approximate surface area is 102 Å². The third-order valence-electron chi connectivity index (χ3n) is 2.73. The fourth-order valence-corrected chi connectivity index (χ4v) is 1.79. The standard InChI is InChI=1S/C11H12N2O5/c14-9-1-2-12-5-7(9)10(15)13-3-4-18-6-8(13)11(16)17/h1-2,5,8H,3-4,6H2,(H,12,14)(H,16,17). The van der Waals surface area contributed by atoms with E-state index in [1.807, 2.05) is 0 Å². The summed E-state index contributed by atoms with van der Waals surface area (Å²) in [6, 6.07) is 0.176. The highest BCUT2D eigenvalue weighted by molar-refractivity contribution is 5.96. The molecule has 2 N–H and O–H groups in total. The zero-order valence-corrected chi connectivity index (χ0v) is 9.46. The number of carboxylic acid groups (broad SMARTS) is 1. The van der Waals surface area contributed by atoms with Crippen LogP contribution in [0.4, 0.5) is 0 Å². The van der Waals surface area contributed by atoms with Crippen LogP contribution in [0.1, 0.15) is 10.4 Å². The maximum Gasteiger partial charge on any atom is 0.328 e. The largest absolute Gasteiger partial charge is 0.480 e. The Bertz CT molecular complexity index is 524. The van der Waals surface area contributed by atoms with Crippen molar-refractivity contribution in [1.29, 1.82) is 0 Å². The molecule has 1 aromatic rings. The number of carbonyl (C=O) groups excluding carboxylic acids is 1. The number of H-pyrrole nitrogens is 1. The van der Waals surface area contributed by atoms with E-state index in [4.69, 9.17) is 9.84 Å². The Kier molecular flexibility index (Phi) is 3.42. The van der Waals surface area contributed by atoms with Crippen molar-refractivity contribution < 1.29 is 19.4 Å². The quantitative estimate of drug-likeness (QED) is 0.725. The maximum absolute atomic E-state index is 12.1. The Balaban J connectivity index is 2.29. The van der Waals surface area contributed by atoms with Gasteiger partial charge >= 0.3 is 5.97 Å². The highest BCUT2D eigenvalue weighted by atomic mass is 16.5. The molecule has 96 valence electrons. The van der Waals surface area contributed by atoms with Crippen LogP contribution < -0.4 is 5.43 Å². The molecular weight excluding hydrogens is 240 g/mol. The second-order valence-corrected chi connectivity index (χ2v) is 3.85. The number of amides is 1. The Morgan fingerprint density at radius 2 is 2.28 bits per heavy atom. The van der Waals surface area contributed by atoms with Crippen molar-refractivity contribution in [3.8, 4) is 0 Å². The molecule has 1 aromatic heterocycles. The second-order valence-electron chi connectivity index (χ2n) is 3.85. The number of carboxylic acids is 1. The van der Waals surface area contributed by atoms with E-state index < -0.39 is 23.3 Å². The minimum absolute atomic E-state index is 0.0637. The molecule has 1 atom stereocenters. The summed E-state index contributed by atoms with van der Waals surface area (Å²) >= 11 is 0. The molecule has 1 fully saturated rings. The summed E-state index contributed by atoms with van der Waals surface area (Å²) in [6.45, 7) is 0.357. The lowest BCUT2D eigenvalue weighted by atomic mass is 10.1. The first-order chi connectivity index (χ1) is 8.61. The van der Waals surface area contributed by atoms with Crippen molar-refractivity contribution >= 4 is 11.9 Å². The summed E-state index contributed by atoms with van der Waals surface area (Å²) in [5, 5.41) is 9.01. The minimum Gasteiger partial charge on any atom is -0.480 e. The molecule has 18 heavy (non-hydrogen) atoms. The predicted octanol–water partition coefficient (Wildman–Crippen LogP) is -0.700. The molecule has 1 saturated heterocycles. The topological polar surface area (TPSA) is 99.7 Å². The summed E-state index contributed by atoms with van der Waals surface area (Å²) < 4.78 is 5.03. The van der Waals surface area contributed by atoms with E-state index in [0.717, 1.165) is 4.90 Å². The monoisotopic (exact) mass is 252 g/mol. The van der Waals surface area contributed by atoms with Crippen molar-refractivity contribution in [2.45, 2.75) is 6.04 Å². The van der Waals surface area contributed by atoms with E-state index in [0.29, 0.717) is 0 Å². The van der Waals surface area contributed by atoms with Crippen molar-refractivity contribution in [1.82, 2.24) is 9.88 Å². The van der Waals surface area contributed by atoms with Gasteiger partial charge in [-0.15, -0.1) is 0 Å². The number of nitrogens with one attached hydrogen (secondary N) is 1. The number of pyridine rings is 1. The highest BCUT2D eigenvalue weighted by Gasteiger charge is 2.33. The van der Waals surface area contributed by atoms with Gasteiger partial charge < -0.3 is 19.7 Å². The Morgan fingerprint density at radius 1 is 1.50 bits per heavy atom. The van der Waals surface area contributed by atoms with Crippen LogP contribution in [0.2, 0.25) is 0 Å². The summed E-state index contributed by atoms with van der Waals surface area (Å²) in [4.78, 5) is 38.5. The molecule has 1 aliphatic heterocycles. The molecular formula is C11H12N2O5. The molecule has 1 aliphatic rings. The molecule has 0 spiro atoms. The van der Waals surface area contributed by atoms with Gasteiger partial charge in [0.1, 0.15) is 5.56 Å². The average Bonchev–Trinajstić information content (AvgIpc) is 2.38. The normalized spacial score (nSPS) is 19.6. The molecule has 1 amide bonds. The molecule has 0 bridgehead atoms. The van der Waals surface area contributed by atoms with Crippen LogP contribution in [0, 0.1) is 0 Å². The lowest BCUT2D eigenvalue weighted by Crippen LogP contribution is -2.53. The molecule has 0 radical (unpaired) electrons. The van der Waals surface area contributed by atoms with Crippen LogP contribution in [0.15, 0.2) is 23.3 Å². The minimum atomic E-state index is -1.14. The highest BCUT2D eigenvalue weighted by Crippen LogP contribution is 2.10. The van der Waals surface area contributed by atoms with Gasteiger partial charge in [-0.25, -0.2) is 4.79 Å². The average molecular weight is 252 g/mol. The van der Waals surface area contributed by atoms with E-state index >= 15 is 0 Å². The van der Waals surface area contributed by atoms with Crippen molar-refractivity contribution in [3.05, 3.63) is 34.2 Å². The number of aromatic amines is 1. The number of carbonyl (C=O) groups is 2. The van der Waals surface area contributed by atoms with Crippen LogP contribution in [0.3, 0.4) is 0 Å². The molecule has 0 aliphatic carbocycles. The fourth-order valence-electron chi connectivity index (χ4n) is 1.79. The molecule has 7 heteroatoms. The Morgan fingerprint density at radius 3 is 2.94 bits per heavy atom. The van der Waals surface area contributed by atoms with Crippen LogP contribution in [-0.4, -0.2) is 52.7 Å². The molecule has 0 saturated carbocycles. The first-order valence-corrected chi connectivity index (χ1v) is 5.40. The summed E-state index contributed by atoms with van der Waals surface area (Å²) in [5.41, 5.74) is -0.500. The van der Waals surface area contributed by atoms with Gasteiger partial charge in [-0.2, -0.15) is 0 Å². The summed E-state index contributed by atoms with van der Waals surface area (Å²) in [5.74, 6) is -1.73. The third kappa shape index (κ3) is 2.25. The van der Waals surface area contributed by atoms with Gasteiger partial charge in [0.05, 0.1) is 13.2 Å². The summed E-state index contributed by atoms with van der Waals surface area (Å²) in [6.07, 6.45) is 2.69. The lowest BCUT2D eigenvalue weighted by molar-refractivity contribution is -0.147. The number of ether oxygens (including phenoxy) is 1. The molecule has 7 nitrogen and oxygen atoms in total. The van der Waals surface area contributed by atoms with Gasteiger partial charge in [-0.3, -0.25) is 9.59 Å². The predicted molar refractivity (Wildman–Crippen MR) is 60.3 cm³/mol. The summed E-state index contributed by atoms with van der Waals surface area (Å²) in [7, 11) is 0. The van der Waals surface area contributed by atoms with Crippen molar-refractivity contribution in [2.24, 2.45) is 0 Å². The van der Waals surface area contributed by atoms with Crippen molar-refractivity contribution in [3.63, 3.8) is 0 Å². The number of hydrogen-bond acceptors (Lipinski definition) is 4. The zero-order chi connectivity index (χ0) is 13.1. The van der Waals surface area contributed by atoms with E-state index in [2.05, 4.69) is 4.98 Å². The van der Waals surface area contributed by atoms with Gasteiger partial charge in [0.15, 0.2) is 11.5 Å². The molecule has 1 unspecified atom stereocenters. The molecule has 0 aromatic carbocycles. The van der Waals surface area contributed by atoms with E-state index in [9.17, 15) is 14.4 Å². The first-order valence-electron chi connectivity index (χ1n) is 5.40. The van der Waals surface area contributed by atoms with Crippen LogP contribution >= 0.6 is 0 Å². The SMILES string of the molecule is O=C(O)C1COCCN1C(=O)c1c[nH]ccc1=O. The van der Waals surface area contributed by atoms with Gasteiger partial charge in [0, 0.05) is 25.0 Å². The fraction of sp³-hybridized carbons (Fsp3) is 0.364. The zero-order valence-electron chi connectivity index (χ0n) is 9.46. The first kappa shape index (κ1) is 12.3. The number of aromatic nitrogens is 1. The van der Waals surface area contributed by atoms with E-state index in [1.165, 1.54) is 18.5 Å². The van der Waals surface area contributed by atoms with Gasteiger partial charge in [0.25, 0.3) is 5.91 Å². The number of rotatable bonds is 2. The van der Waals surface area contributed by atoms with Crippen LogP contribution in [0.25, 0.3) is 0 Å². The van der Waals surface area contributed by atoms with Gasteiger partial charge in [0.2, 0.25) is 0 Å². The number of hydrogen-bond donors (Lipinski definition) is 2. The van der Waals surface area contributed by atoms with Crippen molar-refractivity contribution in [2.75, 3.05) is 19.8 Å². The van der Waals surface area contributed by atoms with E-state index in [1.54, 1.807) is 0 Å². The van der Waals surface area contributed by atoms with Gasteiger partial charge in [-0.1, -0.05) is 0 Å². The second kappa shape index (κ2) is 5.01. The number of aliphatic carboxylic acids is 1. The van der Waals surface area contributed by atoms with E-state index in [-0.39, 0.29) is 25.3 Å².